The van der Waals surface area contributed by atoms with Crippen LogP contribution in [-0.4, -0.2) is 53.3 Å². The van der Waals surface area contributed by atoms with Crippen LogP contribution in [0.5, 0.6) is 5.88 Å². The molecule has 4 rings (SSSR count). The molecule has 9 nitrogen and oxygen atoms in total. The summed E-state index contributed by atoms with van der Waals surface area (Å²) >= 11 is 6.13. The number of para-hydroxylation sites is 2. The first kappa shape index (κ1) is 27.6. The van der Waals surface area contributed by atoms with Crippen molar-refractivity contribution in [3.05, 3.63) is 70.5 Å². The molecule has 202 valence electrons. The minimum atomic E-state index is -4.85. The third-order valence-corrected chi connectivity index (χ3v) is 7.48. The second-order valence-corrected chi connectivity index (χ2v) is 10.8. The number of halogens is 4. The van der Waals surface area contributed by atoms with Gasteiger partial charge in [0.1, 0.15) is 10.0 Å². The van der Waals surface area contributed by atoms with Crippen LogP contribution in [0.25, 0.3) is 11.0 Å². The van der Waals surface area contributed by atoms with Crippen LogP contribution < -0.4 is 9.46 Å². The number of aryl methyl sites for hydroxylation is 2. The molecule has 0 aliphatic heterocycles. The fourth-order valence-corrected chi connectivity index (χ4v) is 5.58. The van der Waals surface area contributed by atoms with Crippen LogP contribution in [0.15, 0.2) is 53.4 Å². The van der Waals surface area contributed by atoms with Gasteiger partial charge in [0.15, 0.2) is 0 Å². The molecule has 0 bridgehead atoms. The Morgan fingerprint density at radius 2 is 1.68 bits per heavy atom. The van der Waals surface area contributed by atoms with Crippen molar-refractivity contribution in [1.29, 1.82) is 0 Å². The van der Waals surface area contributed by atoms with E-state index in [1.807, 2.05) is 19.0 Å². The summed E-state index contributed by atoms with van der Waals surface area (Å²) in [5.41, 5.74) is 1.16. The zero-order chi connectivity index (χ0) is 27.8. The van der Waals surface area contributed by atoms with Crippen molar-refractivity contribution in [2.45, 2.75) is 30.6 Å². The maximum absolute atomic E-state index is 14.2. The molecule has 0 fully saturated rings. The number of hydrogen-bond donors (Lipinski definition) is 1. The Kier molecular flexibility index (Phi) is 7.55. The number of aromatic nitrogens is 4. The van der Waals surface area contributed by atoms with E-state index in [-0.39, 0.29) is 32.3 Å². The molecule has 2 aromatic carbocycles. The van der Waals surface area contributed by atoms with E-state index >= 15 is 0 Å². The predicted octanol–water partition coefficient (Wildman–Crippen LogP) is 4.87. The van der Waals surface area contributed by atoms with Crippen molar-refractivity contribution in [1.82, 2.24) is 24.6 Å². The molecule has 0 amide bonds. The molecule has 1 N–H and O–H groups in total. The van der Waals surface area contributed by atoms with Crippen molar-refractivity contribution < 1.29 is 26.3 Å². The second kappa shape index (κ2) is 10.4. The minimum absolute atomic E-state index is 0.0900. The monoisotopic (exact) mass is 568 g/mol. The maximum Gasteiger partial charge on any atom is 0.429 e. The van der Waals surface area contributed by atoms with E-state index in [1.165, 1.54) is 38.2 Å². The van der Waals surface area contributed by atoms with Gasteiger partial charge in [-0.1, -0.05) is 48.0 Å². The van der Waals surface area contributed by atoms with E-state index in [0.29, 0.717) is 6.54 Å². The summed E-state index contributed by atoms with van der Waals surface area (Å²) < 4.78 is 77.8. The number of benzene rings is 2. The van der Waals surface area contributed by atoms with Crippen LogP contribution in [0.1, 0.15) is 22.9 Å². The highest BCUT2D eigenvalue weighted by molar-refractivity contribution is 7.92. The Morgan fingerprint density at radius 1 is 1.08 bits per heavy atom. The van der Waals surface area contributed by atoms with Crippen LogP contribution in [0.3, 0.4) is 0 Å². The van der Waals surface area contributed by atoms with Gasteiger partial charge in [-0.2, -0.15) is 18.3 Å². The molecule has 0 saturated heterocycles. The van der Waals surface area contributed by atoms with Crippen molar-refractivity contribution >= 4 is 38.5 Å². The molecule has 0 aliphatic carbocycles. The smallest absolute Gasteiger partial charge is 0.429 e. The molecule has 1 atom stereocenters. The summed E-state index contributed by atoms with van der Waals surface area (Å²) in [6, 6.07) is 12.1. The highest BCUT2D eigenvalue weighted by Crippen LogP contribution is 2.39. The number of nitrogens with one attached hydrogen (secondary N) is 1. The van der Waals surface area contributed by atoms with Gasteiger partial charge in [-0.15, -0.1) is 0 Å². The number of hydrogen-bond acceptors (Lipinski definition) is 7. The Hall–Kier alpha value is -3.42. The van der Waals surface area contributed by atoms with E-state index in [9.17, 15) is 21.6 Å². The number of ether oxygens (including phenoxy) is 1. The molecule has 38 heavy (non-hydrogen) atoms. The van der Waals surface area contributed by atoms with Gasteiger partial charge in [-0.3, -0.25) is 9.40 Å². The lowest BCUT2D eigenvalue weighted by Crippen LogP contribution is -2.27. The van der Waals surface area contributed by atoms with Crippen molar-refractivity contribution in [2.75, 3.05) is 18.8 Å². The summed E-state index contributed by atoms with van der Waals surface area (Å²) in [7, 11) is 0.711. The number of anilines is 1. The first-order chi connectivity index (χ1) is 17.8. The van der Waals surface area contributed by atoms with Gasteiger partial charge in [0.2, 0.25) is 11.9 Å². The topological polar surface area (TPSA) is 102 Å². The Labute approximate surface area is 222 Å². The molecule has 1 unspecified atom stereocenters. The Morgan fingerprint density at radius 3 is 2.21 bits per heavy atom. The molecule has 14 heteroatoms. The first-order valence-corrected chi connectivity index (χ1v) is 13.1. The number of rotatable bonds is 8. The van der Waals surface area contributed by atoms with Crippen molar-refractivity contribution in [2.24, 2.45) is 7.05 Å². The van der Waals surface area contributed by atoms with Crippen molar-refractivity contribution in [3.8, 4) is 5.88 Å². The fraction of sp³-hybridized carbons (Fsp3) is 0.292. The van der Waals surface area contributed by atoms with E-state index in [2.05, 4.69) is 19.8 Å². The van der Waals surface area contributed by atoms with E-state index in [0.717, 1.165) is 10.2 Å². The quantitative estimate of drug-likeness (QED) is 0.323. The zero-order valence-corrected chi connectivity index (χ0v) is 22.4. The van der Waals surface area contributed by atoms with E-state index in [1.54, 1.807) is 24.3 Å². The third kappa shape index (κ3) is 5.84. The number of sulfonamides is 1. The normalized spacial score (nSPS) is 13.2. The standard InChI is InChI=1S/C24H24ClF3N6O3S/c1-14-19(21(25)34(4)31-14)38(35,36)32-22-23(30-18-8-6-5-7-17(18)29-22)37-20(24(26,27)28)16-11-9-15(10-12-16)13-33(2)3/h5-12,20H,13H2,1-4H3,(H,29,32). The molecule has 2 heterocycles. The average molecular weight is 569 g/mol. The summed E-state index contributed by atoms with van der Waals surface area (Å²) in [5.74, 6) is -1.17. The number of alkyl halides is 3. The number of nitrogens with zero attached hydrogens (tertiary/aromatic N) is 5. The van der Waals surface area contributed by atoms with Gasteiger partial charge in [-0.05, 0) is 38.7 Å². The molecular formula is C24H24ClF3N6O3S. The highest BCUT2D eigenvalue weighted by Gasteiger charge is 2.44. The summed E-state index contributed by atoms with van der Waals surface area (Å²) in [6.07, 6.45) is -7.30. The van der Waals surface area contributed by atoms with Crippen LogP contribution in [-0.2, 0) is 23.6 Å². The fourth-order valence-electron chi connectivity index (χ4n) is 3.83. The SMILES string of the molecule is Cc1nn(C)c(Cl)c1S(=O)(=O)Nc1nc2ccccc2nc1OC(c1ccc(CN(C)C)cc1)C(F)(F)F. The van der Waals surface area contributed by atoms with Crippen LogP contribution in [0, 0.1) is 6.92 Å². The molecular weight excluding hydrogens is 545 g/mol. The lowest BCUT2D eigenvalue weighted by atomic mass is 10.1. The average Bonchev–Trinajstić information content (AvgIpc) is 3.08. The zero-order valence-electron chi connectivity index (χ0n) is 20.8. The Balaban J connectivity index is 1.79. The molecule has 0 spiro atoms. The number of fused-ring (bicyclic) bond motifs is 1. The molecule has 0 radical (unpaired) electrons. The van der Waals surface area contributed by atoms with Crippen LogP contribution in [0.2, 0.25) is 5.15 Å². The maximum atomic E-state index is 14.2. The lowest BCUT2D eigenvalue weighted by Gasteiger charge is -2.23. The second-order valence-electron chi connectivity index (χ2n) is 8.82. The molecule has 0 aliphatic rings. The first-order valence-electron chi connectivity index (χ1n) is 11.2. The van der Waals surface area contributed by atoms with Crippen molar-refractivity contribution in [3.63, 3.8) is 0 Å². The lowest BCUT2D eigenvalue weighted by molar-refractivity contribution is -0.198. The van der Waals surface area contributed by atoms with Crippen LogP contribution >= 0.6 is 11.6 Å². The minimum Gasteiger partial charge on any atom is -0.457 e. The summed E-state index contributed by atoms with van der Waals surface area (Å²) in [4.78, 5) is 9.91. The van der Waals surface area contributed by atoms with Gasteiger partial charge in [0.05, 0.1) is 16.7 Å². The largest absolute Gasteiger partial charge is 0.457 e. The summed E-state index contributed by atoms with van der Waals surface area (Å²) in [6.45, 7) is 1.97. The van der Waals surface area contributed by atoms with Gasteiger partial charge in [-0.25, -0.2) is 18.4 Å². The van der Waals surface area contributed by atoms with Gasteiger partial charge < -0.3 is 9.64 Å². The Bertz CT molecular complexity index is 1570. The molecule has 4 aromatic rings. The highest BCUT2D eigenvalue weighted by atomic mass is 35.5. The van der Waals surface area contributed by atoms with Gasteiger partial charge >= 0.3 is 6.18 Å². The summed E-state index contributed by atoms with van der Waals surface area (Å²) in [5, 5.41) is 3.80. The van der Waals surface area contributed by atoms with E-state index < -0.39 is 34.0 Å². The van der Waals surface area contributed by atoms with Gasteiger partial charge in [0, 0.05) is 19.2 Å². The molecule has 0 saturated carbocycles. The third-order valence-electron chi connectivity index (χ3n) is 5.45. The van der Waals surface area contributed by atoms with Gasteiger partial charge in [0.25, 0.3) is 15.9 Å². The predicted molar refractivity (Wildman–Crippen MR) is 137 cm³/mol. The van der Waals surface area contributed by atoms with Crippen LogP contribution in [0.4, 0.5) is 19.0 Å². The van der Waals surface area contributed by atoms with E-state index in [4.69, 9.17) is 16.3 Å². The molecule has 2 aromatic heterocycles.